The smallest absolute Gasteiger partial charge is 0.272 e. The fourth-order valence-corrected chi connectivity index (χ4v) is 2.57. The maximum Gasteiger partial charge on any atom is 0.272 e. The van der Waals surface area contributed by atoms with Crippen LogP contribution in [0.3, 0.4) is 0 Å². The minimum absolute atomic E-state index is 0.0557. The monoisotopic (exact) mass is 252 g/mol. The molecular weight excluding hydrogens is 236 g/mol. The van der Waals surface area contributed by atoms with E-state index in [2.05, 4.69) is 4.98 Å². The number of nitrogens with zero attached hydrogens (tertiary/aromatic N) is 2. The number of amides is 1. The number of aromatic nitrogens is 1. The van der Waals surface area contributed by atoms with Crippen LogP contribution in [0.15, 0.2) is 18.3 Å². The molecule has 1 aromatic heterocycles. The molecule has 0 N–H and O–H groups in total. The van der Waals surface area contributed by atoms with Gasteiger partial charge in [0.15, 0.2) is 0 Å². The van der Waals surface area contributed by atoms with E-state index in [1.54, 1.807) is 6.20 Å². The molecule has 1 unspecified atom stereocenters. The molecule has 1 fully saturated rings. The maximum absolute atomic E-state index is 12.2. The molecule has 2 rings (SSSR count). The Morgan fingerprint density at radius 1 is 1.65 bits per heavy atom. The number of likely N-dealkylation sites (tertiary alicyclic amines) is 1. The average molecular weight is 253 g/mol. The molecule has 92 valence electrons. The van der Waals surface area contributed by atoms with E-state index >= 15 is 0 Å². The molecule has 1 saturated heterocycles. The number of halogens is 1. The molecule has 0 aliphatic carbocycles. The first-order valence-electron chi connectivity index (χ1n) is 5.99. The van der Waals surface area contributed by atoms with Crippen LogP contribution < -0.4 is 0 Å². The quantitative estimate of drug-likeness (QED) is 0.775. The van der Waals surface area contributed by atoms with Crippen LogP contribution in [0.4, 0.5) is 0 Å². The van der Waals surface area contributed by atoms with Crippen LogP contribution in [0.25, 0.3) is 0 Å². The second-order valence-electron chi connectivity index (χ2n) is 4.55. The molecule has 1 aliphatic rings. The van der Waals surface area contributed by atoms with Crippen molar-refractivity contribution in [2.45, 2.75) is 19.8 Å². The summed E-state index contributed by atoms with van der Waals surface area (Å²) in [6.45, 7) is 3.57. The minimum atomic E-state index is 0.0557. The number of alkyl halides is 1. The number of carbonyl (C=O) groups excluding carboxylic acids is 1. The highest BCUT2D eigenvalue weighted by molar-refractivity contribution is 6.17. The number of aryl methyl sites for hydroxylation is 1. The lowest BCUT2D eigenvalue weighted by atomic mass is 10.1. The molecule has 1 aromatic rings. The van der Waals surface area contributed by atoms with E-state index in [0.717, 1.165) is 31.5 Å². The molecule has 4 heteroatoms. The number of rotatable bonds is 3. The van der Waals surface area contributed by atoms with Gasteiger partial charge in [0, 0.05) is 25.2 Å². The van der Waals surface area contributed by atoms with E-state index in [1.807, 2.05) is 24.0 Å². The Balaban J connectivity index is 2.05. The largest absolute Gasteiger partial charge is 0.337 e. The van der Waals surface area contributed by atoms with Crippen LogP contribution in [-0.4, -0.2) is 34.8 Å². The molecular formula is C13H17ClN2O. The SMILES string of the molecule is Cc1cccnc1C(=O)N1CCC(CCCl)C1. The van der Waals surface area contributed by atoms with Gasteiger partial charge in [-0.2, -0.15) is 0 Å². The molecule has 17 heavy (non-hydrogen) atoms. The van der Waals surface area contributed by atoms with Gasteiger partial charge in [-0.05, 0) is 37.3 Å². The lowest BCUT2D eigenvalue weighted by Gasteiger charge is -2.16. The first-order valence-corrected chi connectivity index (χ1v) is 6.52. The number of hydrogen-bond acceptors (Lipinski definition) is 2. The van der Waals surface area contributed by atoms with Crippen molar-refractivity contribution in [3.8, 4) is 0 Å². The highest BCUT2D eigenvalue weighted by Gasteiger charge is 2.27. The molecule has 0 aromatic carbocycles. The van der Waals surface area contributed by atoms with E-state index in [0.29, 0.717) is 17.5 Å². The van der Waals surface area contributed by atoms with E-state index < -0.39 is 0 Å². The third-order valence-electron chi connectivity index (χ3n) is 3.30. The van der Waals surface area contributed by atoms with Crippen molar-refractivity contribution < 1.29 is 4.79 Å². The Labute approximate surface area is 107 Å². The van der Waals surface area contributed by atoms with Crippen molar-refractivity contribution in [2.24, 2.45) is 5.92 Å². The second kappa shape index (κ2) is 5.50. The van der Waals surface area contributed by atoms with Gasteiger partial charge in [0.05, 0.1) is 0 Å². The van der Waals surface area contributed by atoms with Gasteiger partial charge in [-0.3, -0.25) is 9.78 Å². The maximum atomic E-state index is 12.2. The van der Waals surface area contributed by atoms with Gasteiger partial charge in [0.1, 0.15) is 5.69 Å². The van der Waals surface area contributed by atoms with Crippen LogP contribution in [0, 0.1) is 12.8 Å². The highest BCUT2D eigenvalue weighted by Crippen LogP contribution is 2.22. The van der Waals surface area contributed by atoms with E-state index in [-0.39, 0.29) is 5.91 Å². The number of hydrogen-bond donors (Lipinski definition) is 0. The molecule has 0 spiro atoms. The molecule has 2 heterocycles. The average Bonchev–Trinajstić information content (AvgIpc) is 2.78. The van der Waals surface area contributed by atoms with Crippen molar-refractivity contribution in [2.75, 3.05) is 19.0 Å². The Morgan fingerprint density at radius 2 is 2.47 bits per heavy atom. The summed E-state index contributed by atoms with van der Waals surface area (Å²) in [4.78, 5) is 18.3. The van der Waals surface area contributed by atoms with Gasteiger partial charge < -0.3 is 4.90 Å². The lowest BCUT2D eigenvalue weighted by Crippen LogP contribution is -2.30. The predicted molar refractivity (Wildman–Crippen MR) is 68.3 cm³/mol. The fourth-order valence-electron chi connectivity index (χ4n) is 2.27. The Bertz CT molecular complexity index is 408. The second-order valence-corrected chi connectivity index (χ2v) is 4.93. The highest BCUT2D eigenvalue weighted by atomic mass is 35.5. The summed E-state index contributed by atoms with van der Waals surface area (Å²) in [6.07, 6.45) is 3.73. The molecule has 3 nitrogen and oxygen atoms in total. The molecule has 0 radical (unpaired) electrons. The zero-order chi connectivity index (χ0) is 12.3. The molecule has 1 amide bonds. The van der Waals surface area contributed by atoms with Crippen LogP contribution in [0.1, 0.15) is 28.9 Å². The first-order chi connectivity index (χ1) is 8.22. The van der Waals surface area contributed by atoms with Crippen molar-refractivity contribution in [3.05, 3.63) is 29.6 Å². The normalized spacial score (nSPS) is 19.6. The fraction of sp³-hybridized carbons (Fsp3) is 0.538. The van der Waals surface area contributed by atoms with Crippen LogP contribution >= 0.6 is 11.6 Å². The van der Waals surface area contributed by atoms with Crippen molar-refractivity contribution >= 4 is 17.5 Å². The summed E-state index contributed by atoms with van der Waals surface area (Å²) in [5.41, 5.74) is 1.53. The Hall–Kier alpha value is -1.09. The summed E-state index contributed by atoms with van der Waals surface area (Å²) >= 11 is 5.74. The Morgan fingerprint density at radius 3 is 3.18 bits per heavy atom. The lowest BCUT2D eigenvalue weighted by molar-refractivity contribution is 0.0780. The minimum Gasteiger partial charge on any atom is -0.337 e. The van der Waals surface area contributed by atoms with Gasteiger partial charge in [-0.15, -0.1) is 11.6 Å². The van der Waals surface area contributed by atoms with Gasteiger partial charge in [0.25, 0.3) is 5.91 Å². The van der Waals surface area contributed by atoms with Gasteiger partial charge in [-0.1, -0.05) is 6.07 Å². The zero-order valence-electron chi connectivity index (χ0n) is 10.0. The summed E-state index contributed by atoms with van der Waals surface area (Å²) in [7, 11) is 0. The van der Waals surface area contributed by atoms with Crippen LogP contribution in [-0.2, 0) is 0 Å². The topological polar surface area (TPSA) is 33.2 Å². The third kappa shape index (κ3) is 2.78. The third-order valence-corrected chi connectivity index (χ3v) is 3.52. The number of carbonyl (C=O) groups is 1. The van der Waals surface area contributed by atoms with E-state index in [9.17, 15) is 4.79 Å². The summed E-state index contributed by atoms with van der Waals surface area (Å²) in [5.74, 6) is 1.29. The standard InChI is InChI=1S/C13H17ClN2O/c1-10-3-2-7-15-12(10)13(17)16-8-5-11(9-16)4-6-14/h2-3,7,11H,4-6,8-9H2,1H3. The summed E-state index contributed by atoms with van der Waals surface area (Å²) in [6, 6.07) is 3.78. The first kappa shape index (κ1) is 12.4. The summed E-state index contributed by atoms with van der Waals surface area (Å²) in [5, 5.41) is 0. The van der Waals surface area contributed by atoms with Gasteiger partial charge in [0.2, 0.25) is 0 Å². The zero-order valence-corrected chi connectivity index (χ0v) is 10.8. The van der Waals surface area contributed by atoms with Crippen molar-refractivity contribution in [1.82, 2.24) is 9.88 Å². The van der Waals surface area contributed by atoms with Gasteiger partial charge in [-0.25, -0.2) is 0 Å². The van der Waals surface area contributed by atoms with Crippen LogP contribution in [0.5, 0.6) is 0 Å². The van der Waals surface area contributed by atoms with Crippen molar-refractivity contribution in [3.63, 3.8) is 0 Å². The van der Waals surface area contributed by atoms with E-state index in [4.69, 9.17) is 11.6 Å². The predicted octanol–water partition coefficient (Wildman–Crippen LogP) is 2.48. The summed E-state index contributed by atoms with van der Waals surface area (Å²) < 4.78 is 0. The van der Waals surface area contributed by atoms with Crippen LogP contribution in [0.2, 0.25) is 0 Å². The van der Waals surface area contributed by atoms with Crippen molar-refractivity contribution in [1.29, 1.82) is 0 Å². The molecule has 0 saturated carbocycles. The molecule has 1 aliphatic heterocycles. The number of pyridine rings is 1. The van der Waals surface area contributed by atoms with Gasteiger partial charge >= 0.3 is 0 Å². The van der Waals surface area contributed by atoms with E-state index in [1.165, 1.54) is 0 Å². The Kier molecular flexibility index (Phi) is 4.00. The molecule has 0 bridgehead atoms. The molecule has 1 atom stereocenters.